The summed E-state index contributed by atoms with van der Waals surface area (Å²) in [6, 6.07) is 2.41. The van der Waals surface area contributed by atoms with Crippen molar-refractivity contribution >= 4 is 23.0 Å². The molecule has 17 heavy (non-hydrogen) atoms. The number of nitrogens with zero attached hydrogens (tertiary/aromatic N) is 2. The number of anilines is 2. The molecule has 0 saturated carbocycles. The summed E-state index contributed by atoms with van der Waals surface area (Å²) in [5.74, 6) is 1.14. The first-order chi connectivity index (χ1) is 8.06. The molecule has 2 rings (SSSR count). The molecule has 5 heteroatoms. The lowest BCUT2D eigenvalue weighted by atomic mass is 10.1. The number of aromatic nitrogens is 2. The monoisotopic (exact) mass is 248 g/mol. The van der Waals surface area contributed by atoms with Crippen LogP contribution < -0.4 is 11.1 Å². The van der Waals surface area contributed by atoms with Gasteiger partial charge in [0.15, 0.2) is 0 Å². The fourth-order valence-corrected chi connectivity index (χ4v) is 2.85. The molecule has 2 aromatic rings. The maximum Gasteiger partial charge on any atom is 0.147 e. The highest BCUT2D eigenvalue weighted by molar-refractivity contribution is 7.12. The van der Waals surface area contributed by atoms with Crippen molar-refractivity contribution in [2.75, 3.05) is 11.1 Å². The molecule has 0 aromatic carbocycles. The van der Waals surface area contributed by atoms with Crippen molar-refractivity contribution in [2.45, 2.75) is 26.8 Å². The van der Waals surface area contributed by atoms with Gasteiger partial charge >= 0.3 is 0 Å². The minimum absolute atomic E-state index is 0.205. The molecule has 0 aliphatic carbocycles. The summed E-state index contributed by atoms with van der Waals surface area (Å²) in [6.07, 6.45) is 3.22. The fraction of sp³-hybridized carbons (Fsp3) is 0.333. The number of nitrogens with one attached hydrogen (secondary N) is 1. The molecule has 0 saturated heterocycles. The smallest absolute Gasteiger partial charge is 0.147 e. The molecule has 0 bridgehead atoms. The molecule has 0 fully saturated rings. The van der Waals surface area contributed by atoms with Gasteiger partial charge in [0, 0.05) is 9.75 Å². The Morgan fingerprint density at radius 2 is 2.12 bits per heavy atom. The molecular formula is C12H16N4S. The number of aryl methyl sites for hydroxylation is 2. The minimum atomic E-state index is 0.205. The fourth-order valence-electron chi connectivity index (χ4n) is 1.83. The van der Waals surface area contributed by atoms with E-state index in [-0.39, 0.29) is 6.04 Å². The predicted octanol–water partition coefficient (Wildman–Crippen LogP) is 2.91. The van der Waals surface area contributed by atoms with Gasteiger partial charge in [-0.25, -0.2) is 4.98 Å². The Hall–Kier alpha value is -1.62. The normalized spacial score (nSPS) is 12.4. The van der Waals surface area contributed by atoms with E-state index in [0.717, 1.165) is 0 Å². The highest BCUT2D eigenvalue weighted by atomic mass is 32.1. The van der Waals surface area contributed by atoms with Crippen LogP contribution in [0.5, 0.6) is 0 Å². The minimum Gasteiger partial charge on any atom is -0.382 e. The average Bonchev–Trinajstić information content (AvgIpc) is 2.58. The predicted molar refractivity (Wildman–Crippen MR) is 72.3 cm³/mol. The summed E-state index contributed by atoms with van der Waals surface area (Å²) in [4.78, 5) is 10.9. The van der Waals surface area contributed by atoms with Gasteiger partial charge in [-0.2, -0.15) is 0 Å². The molecule has 0 amide bonds. The van der Waals surface area contributed by atoms with Crippen molar-refractivity contribution in [3.8, 4) is 0 Å². The third kappa shape index (κ3) is 2.74. The summed E-state index contributed by atoms with van der Waals surface area (Å²) in [5.41, 5.74) is 6.90. The van der Waals surface area contributed by atoms with Crippen LogP contribution in [0.4, 0.5) is 11.6 Å². The van der Waals surface area contributed by atoms with Crippen LogP contribution in [0, 0.1) is 13.8 Å². The van der Waals surface area contributed by atoms with E-state index >= 15 is 0 Å². The van der Waals surface area contributed by atoms with E-state index in [1.807, 2.05) is 11.3 Å². The Morgan fingerprint density at radius 3 is 2.71 bits per heavy atom. The molecule has 4 nitrogen and oxygen atoms in total. The molecule has 0 aliphatic heterocycles. The van der Waals surface area contributed by atoms with Crippen molar-refractivity contribution in [2.24, 2.45) is 0 Å². The van der Waals surface area contributed by atoms with Crippen LogP contribution in [0.1, 0.15) is 28.3 Å². The summed E-state index contributed by atoms with van der Waals surface area (Å²) < 4.78 is 0. The second kappa shape index (κ2) is 4.71. The van der Waals surface area contributed by atoms with Crippen molar-refractivity contribution in [3.05, 3.63) is 33.8 Å². The summed E-state index contributed by atoms with van der Waals surface area (Å²) in [5, 5.41) is 3.31. The van der Waals surface area contributed by atoms with Crippen LogP contribution >= 0.6 is 11.3 Å². The molecular weight excluding hydrogens is 232 g/mol. The lowest BCUT2D eigenvalue weighted by molar-refractivity contribution is 0.869. The molecule has 90 valence electrons. The van der Waals surface area contributed by atoms with E-state index in [4.69, 9.17) is 5.73 Å². The van der Waals surface area contributed by atoms with E-state index in [1.54, 1.807) is 6.20 Å². The third-order valence-corrected chi connectivity index (χ3v) is 3.55. The lowest BCUT2D eigenvalue weighted by Gasteiger charge is -2.14. The van der Waals surface area contributed by atoms with Crippen molar-refractivity contribution < 1.29 is 0 Å². The van der Waals surface area contributed by atoms with Gasteiger partial charge in [0.2, 0.25) is 0 Å². The topological polar surface area (TPSA) is 63.8 Å². The summed E-state index contributed by atoms with van der Waals surface area (Å²) in [6.45, 7) is 6.36. The van der Waals surface area contributed by atoms with Crippen molar-refractivity contribution in [1.29, 1.82) is 0 Å². The number of rotatable bonds is 3. The van der Waals surface area contributed by atoms with E-state index in [2.05, 4.69) is 42.1 Å². The number of nitrogen functional groups attached to an aromatic ring is 1. The van der Waals surface area contributed by atoms with Crippen LogP contribution in [0.3, 0.4) is 0 Å². The van der Waals surface area contributed by atoms with Crippen molar-refractivity contribution in [1.82, 2.24) is 9.97 Å². The zero-order chi connectivity index (χ0) is 12.4. The number of thiophene rings is 1. The number of hydrogen-bond acceptors (Lipinski definition) is 5. The molecule has 0 radical (unpaired) electrons. The standard InChI is InChI=1S/C12H16N4S/c1-7-4-10(9(3)17-7)8(2)15-12-6-14-5-11(13)16-12/h4-6,8H,1-3H3,(H3,13,15,16). The maximum atomic E-state index is 5.60. The second-order valence-electron chi connectivity index (χ2n) is 4.06. The molecule has 2 heterocycles. The van der Waals surface area contributed by atoms with Gasteiger partial charge in [0.1, 0.15) is 11.6 Å². The number of nitrogens with two attached hydrogens (primary N) is 1. The van der Waals surface area contributed by atoms with E-state index < -0.39 is 0 Å². The van der Waals surface area contributed by atoms with Crippen LogP contribution in [-0.2, 0) is 0 Å². The Kier molecular flexibility index (Phi) is 3.28. The summed E-state index contributed by atoms with van der Waals surface area (Å²) in [7, 11) is 0. The van der Waals surface area contributed by atoms with Gasteiger partial charge < -0.3 is 11.1 Å². The highest BCUT2D eigenvalue weighted by Crippen LogP contribution is 2.28. The molecule has 3 N–H and O–H groups in total. The Labute approximate surface area is 105 Å². The Balaban J connectivity index is 2.16. The van der Waals surface area contributed by atoms with Crippen LogP contribution in [-0.4, -0.2) is 9.97 Å². The third-order valence-electron chi connectivity index (χ3n) is 2.56. The van der Waals surface area contributed by atoms with Gasteiger partial charge in [0.05, 0.1) is 18.4 Å². The Morgan fingerprint density at radius 1 is 1.35 bits per heavy atom. The lowest BCUT2D eigenvalue weighted by Crippen LogP contribution is -2.09. The molecule has 2 aromatic heterocycles. The quantitative estimate of drug-likeness (QED) is 0.876. The zero-order valence-corrected chi connectivity index (χ0v) is 11.0. The van der Waals surface area contributed by atoms with E-state index in [9.17, 15) is 0 Å². The van der Waals surface area contributed by atoms with Gasteiger partial charge in [-0.3, -0.25) is 4.98 Å². The average molecular weight is 248 g/mol. The first kappa shape index (κ1) is 11.9. The molecule has 1 unspecified atom stereocenters. The first-order valence-corrected chi connectivity index (χ1v) is 6.29. The van der Waals surface area contributed by atoms with E-state index in [0.29, 0.717) is 11.6 Å². The second-order valence-corrected chi connectivity index (χ2v) is 5.52. The zero-order valence-electron chi connectivity index (χ0n) is 10.2. The molecule has 1 atom stereocenters. The highest BCUT2D eigenvalue weighted by Gasteiger charge is 2.11. The number of hydrogen-bond donors (Lipinski definition) is 2. The van der Waals surface area contributed by atoms with Gasteiger partial charge in [-0.05, 0) is 32.4 Å². The SMILES string of the molecule is Cc1cc(C(C)Nc2cncc(N)n2)c(C)s1. The van der Waals surface area contributed by atoms with Crippen LogP contribution in [0.2, 0.25) is 0 Å². The van der Waals surface area contributed by atoms with Crippen LogP contribution in [0.25, 0.3) is 0 Å². The largest absolute Gasteiger partial charge is 0.382 e. The Bertz CT molecular complexity index is 521. The molecule has 0 aliphatic rings. The van der Waals surface area contributed by atoms with E-state index in [1.165, 1.54) is 21.5 Å². The first-order valence-electron chi connectivity index (χ1n) is 5.47. The van der Waals surface area contributed by atoms with Gasteiger partial charge in [-0.15, -0.1) is 11.3 Å². The van der Waals surface area contributed by atoms with Gasteiger partial charge in [0.25, 0.3) is 0 Å². The molecule has 0 spiro atoms. The maximum absolute atomic E-state index is 5.60. The van der Waals surface area contributed by atoms with Gasteiger partial charge in [-0.1, -0.05) is 0 Å². The summed E-state index contributed by atoms with van der Waals surface area (Å²) >= 11 is 1.81. The van der Waals surface area contributed by atoms with Crippen molar-refractivity contribution in [3.63, 3.8) is 0 Å². The van der Waals surface area contributed by atoms with Crippen LogP contribution in [0.15, 0.2) is 18.5 Å².